The van der Waals surface area contributed by atoms with Gasteiger partial charge in [-0.15, -0.1) is 0 Å². The van der Waals surface area contributed by atoms with E-state index in [0.717, 1.165) is 16.4 Å². The number of carbonyl (C=O) groups is 1. The standard InChI is InChI=1S/C18H22N2O3S/c1-4-14-8-10-16(11-9-14)19-13-18(21)15-6-5-7-17(12-15)24(22,23)20(2)3/h5-12,19H,4,13H2,1-3H3. The van der Waals surface area contributed by atoms with Crippen LogP contribution in [0.1, 0.15) is 22.8 Å². The number of hydrogen-bond acceptors (Lipinski definition) is 4. The Hall–Kier alpha value is -2.18. The summed E-state index contributed by atoms with van der Waals surface area (Å²) >= 11 is 0. The van der Waals surface area contributed by atoms with Crippen molar-refractivity contribution in [1.82, 2.24) is 4.31 Å². The van der Waals surface area contributed by atoms with E-state index in [1.807, 2.05) is 24.3 Å². The molecule has 0 spiro atoms. The fourth-order valence-electron chi connectivity index (χ4n) is 2.18. The number of rotatable bonds is 7. The molecule has 0 aliphatic carbocycles. The van der Waals surface area contributed by atoms with Crippen molar-refractivity contribution < 1.29 is 13.2 Å². The lowest BCUT2D eigenvalue weighted by Gasteiger charge is -2.12. The Labute approximate surface area is 143 Å². The zero-order chi connectivity index (χ0) is 17.7. The van der Waals surface area contributed by atoms with Crippen LogP contribution >= 0.6 is 0 Å². The molecule has 0 fully saturated rings. The van der Waals surface area contributed by atoms with Gasteiger partial charge in [-0.2, -0.15) is 0 Å². The van der Waals surface area contributed by atoms with Crippen LogP contribution in [0.2, 0.25) is 0 Å². The van der Waals surface area contributed by atoms with E-state index in [1.165, 1.54) is 31.8 Å². The summed E-state index contributed by atoms with van der Waals surface area (Å²) in [5.74, 6) is -0.162. The molecule has 0 amide bonds. The van der Waals surface area contributed by atoms with Crippen LogP contribution in [0.15, 0.2) is 53.4 Å². The molecule has 0 aliphatic rings. The van der Waals surface area contributed by atoms with E-state index in [0.29, 0.717) is 5.56 Å². The maximum Gasteiger partial charge on any atom is 0.242 e. The third kappa shape index (κ3) is 4.21. The van der Waals surface area contributed by atoms with Crippen LogP contribution in [0, 0.1) is 0 Å². The summed E-state index contributed by atoms with van der Waals surface area (Å²) in [6.07, 6.45) is 0.965. The molecule has 24 heavy (non-hydrogen) atoms. The largest absolute Gasteiger partial charge is 0.378 e. The van der Waals surface area contributed by atoms with Gasteiger partial charge in [-0.25, -0.2) is 12.7 Å². The van der Waals surface area contributed by atoms with E-state index in [1.54, 1.807) is 12.1 Å². The third-order valence-corrected chi connectivity index (χ3v) is 5.56. The molecule has 5 nitrogen and oxygen atoms in total. The predicted octanol–water partition coefficient (Wildman–Crippen LogP) is 2.79. The van der Waals surface area contributed by atoms with Crippen LogP contribution in [-0.2, 0) is 16.4 Å². The van der Waals surface area contributed by atoms with Crippen molar-refractivity contribution in [1.29, 1.82) is 0 Å². The van der Waals surface area contributed by atoms with Gasteiger partial charge in [-0.05, 0) is 36.2 Å². The van der Waals surface area contributed by atoms with Crippen molar-refractivity contribution in [2.45, 2.75) is 18.2 Å². The van der Waals surface area contributed by atoms with Gasteiger partial charge in [0.1, 0.15) is 0 Å². The molecule has 0 aromatic heterocycles. The minimum absolute atomic E-state index is 0.108. The lowest BCUT2D eigenvalue weighted by atomic mass is 10.1. The molecule has 2 aromatic carbocycles. The average molecular weight is 346 g/mol. The molecule has 2 rings (SSSR count). The van der Waals surface area contributed by atoms with Gasteiger partial charge in [0.15, 0.2) is 5.78 Å². The first-order valence-corrected chi connectivity index (χ1v) is 9.17. The van der Waals surface area contributed by atoms with Gasteiger partial charge in [0, 0.05) is 25.3 Å². The van der Waals surface area contributed by atoms with Crippen molar-refractivity contribution >= 4 is 21.5 Å². The Morgan fingerprint density at radius 3 is 2.33 bits per heavy atom. The number of nitrogens with zero attached hydrogens (tertiary/aromatic N) is 1. The number of nitrogens with one attached hydrogen (secondary N) is 1. The average Bonchev–Trinajstić information content (AvgIpc) is 2.60. The quantitative estimate of drug-likeness (QED) is 0.783. The molecule has 6 heteroatoms. The van der Waals surface area contributed by atoms with E-state index in [9.17, 15) is 13.2 Å². The molecule has 0 bridgehead atoms. The Morgan fingerprint density at radius 1 is 1.08 bits per heavy atom. The highest BCUT2D eigenvalue weighted by atomic mass is 32.2. The summed E-state index contributed by atoms with van der Waals surface area (Å²) in [5, 5.41) is 3.07. The summed E-state index contributed by atoms with van der Waals surface area (Å²) < 4.78 is 25.4. The minimum Gasteiger partial charge on any atom is -0.378 e. The molecule has 0 radical (unpaired) electrons. The van der Waals surface area contributed by atoms with E-state index < -0.39 is 10.0 Å². The second-order valence-electron chi connectivity index (χ2n) is 5.64. The third-order valence-electron chi connectivity index (χ3n) is 3.75. The van der Waals surface area contributed by atoms with E-state index in [2.05, 4.69) is 12.2 Å². The van der Waals surface area contributed by atoms with E-state index in [4.69, 9.17) is 0 Å². The first-order valence-electron chi connectivity index (χ1n) is 7.73. The second-order valence-corrected chi connectivity index (χ2v) is 7.79. The van der Waals surface area contributed by atoms with Gasteiger partial charge in [0.05, 0.1) is 11.4 Å². The van der Waals surface area contributed by atoms with Crippen LogP contribution < -0.4 is 5.32 Å². The van der Waals surface area contributed by atoms with Gasteiger partial charge < -0.3 is 5.32 Å². The molecule has 1 N–H and O–H groups in total. The highest BCUT2D eigenvalue weighted by Crippen LogP contribution is 2.16. The van der Waals surface area contributed by atoms with Gasteiger partial charge in [0.25, 0.3) is 0 Å². The van der Waals surface area contributed by atoms with Crippen LogP contribution in [0.4, 0.5) is 5.69 Å². The summed E-state index contributed by atoms with van der Waals surface area (Å²) in [4.78, 5) is 12.4. The van der Waals surface area contributed by atoms with Crippen molar-refractivity contribution in [3.05, 3.63) is 59.7 Å². The summed E-state index contributed by atoms with van der Waals surface area (Å²) in [6, 6.07) is 14.0. The molecule has 2 aromatic rings. The highest BCUT2D eigenvalue weighted by molar-refractivity contribution is 7.89. The van der Waals surface area contributed by atoms with Gasteiger partial charge in [0.2, 0.25) is 10.0 Å². The number of ketones is 1. The van der Waals surface area contributed by atoms with Crippen molar-refractivity contribution in [3.63, 3.8) is 0 Å². The number of sulfonamides is 1. The van der Waals surface area contributed by atoms with Crippen molar-refractivity contribution in [2.75, 3.05) is 26.0 Å². The number of carbonyl (C=O) groups excluding carboxylic acids is 1. The van der Waals surface area contributed by atoms with Gasteiger partial charge in [-0.1, -0.05) is 31.2 Å². The van der Waals surface area contributed by atoms with Crippen molar-refractivity contribution in [2.24, 2.45) is 0 Å². The van der Waals surface area contributed by atoms with Crippen LogP contribution in [0.25, 0.3) is 0 Å². The zero-order valence-corrected chi connectivity index (χ0v) is 14.9. The Bertz CT molecular complexity index is 812. The van der Waals surface area contributed by atoms with Crippen LogP contribution in [0.5, 0.6) is 0 Å². The molecule has 0 saturated heterocycles. The van der Waals surface area contributed by atoms with Gasteiger partial charge >= 0.3 is 0 Å². The molecule has 128 valence electrons. The SMILES string of the molecule is CCc1ccc(NCC(=O)c2cccc(S(=O)(=O)N(C)C)c2)cc1. The normalized spacial score (nSPS) is 11.5. The molecular formula is C18H22N2O3S. The smallest absolute Gasteiger partial charge is 0.242 e. The number of Topliss-reactive ketones (excluding diaryl/α,β-unsaturated/α-hetero) is 1. The summed E-state index contributed by atoms with van der Waals surface area (Å²) in [7, 11) is -0.620. The topological polar surface area (TPSA) is 66.5 Å². The fourth-order valence-corrected chi connectivity index (χ4v) is 3.13. The summed E-state index contributed by atoms with van der Waals surface area (Å²) in [5.41, 5.74) is 2.46. The zero-order valence-electron chi connectivity index (χ0n) is 14.1. The Kier molecular flexibility index (Phi) is 5.75. The molecular weight excluding hydrogens is 324 g/mol. The Morgan fingerprint density at radius 2 is 1.75 bits per heavy atom. The fraction of sp³-hybridized carbons (Fsp3) is 0.278. The predicted molar refractivity (Wildman–Crippen MR) is 96.0 cm³/mol. The monoisotopic (exact) mass is 346 g/mol. The van der Waals surface area contributed by atoms with Gasteiger partial charge in [-0.3, -0.25) is 4.79 Å². The molecule has 0 heterocycles. The molecule has 0 unspecified atom stereocenters. The second kappa shape index (κ2) is 7.59. The van der Waals surface area contributed by atoms with Crippen LogP contribution in [0.3, 0.4) is 0 Å². The first kappa shape index (κ1) is 18.2. The highest BCUT2D eigenvalue weighted by Gasteiger charge is 2.18. The Balaban J connectivity index is 2.10. The van der Waals surface area contributed by atoms with E-state index >= 15 is 0 Å². The lowest BCUT2D eigenvalue weighted by Crippen LogP contribution is -2.22. The minimum atomic E-state index is -3.55. The number of anilines is 1. The number of hydrogen-bond donors (Lipinski definition) is 1. The van der Waals surface area contributed by atoms with Crippen molar-refractivity contribution in [3.8, 4) is 0 Å². The van der Waals surface area contributed by atoms with E-state index in [-0.39, 0.29) is 17.2 Å². The molecule has 0 saturated carbocycles. The molecule has 0 aliphatic heterocycles. The maximum absolute atomic E-state index is 12.3. The lowest BCUT2D eigenvalue weighted by molar-refractivity contribution is 0.101. The molecule has 0 atom stereocenters. The summed E-state index contributed by atoms with van der Waals surface area (Å²) in [6.45, 7) is 2.19. The van der Waals surface area contributed by atoms with Crippen LogP contribution in [-0.4, -0.2) is 39.1 Å². The number of aryl methyl sites for hydroxylation is 1. The first-order chi connectivity index (χ1) is 11.3. The maximum atomic E-state index is 12.3. The number of benzene rings is 2.